The molecule has 4 heteroatoms. The Morgan fingerprint density at radius 3 is 2.00 bits per heavy atom. The van der Waals surface area contributed by atoms with Gasteiger partial charge in [0.05, 0.1) is 0 Å². The van der Waals surface area contributed by atoms with E-state index in [1.54, 1.807) is 0 Å². The highest BCUT2D eigenvalue weighted by Gasteiger charge is 2.01. The van der Waals surface area contributed by atoms with Gasteiger partial charge in [0, 0.05) is 28.0 Å². The van der Waals surface area contributed by atoms with Crippen LogP contribution in [0.25, 0.3) is 0 Å². The van der Waals surface area contributed by atoms with E-state index in [1.165, 1.54) is 0 Å². The van der Waals surface area contributed by atoms with E-state index in [4.69, 9.17) is 0 Å². The molecule has 2 aromatic rings. The van der Waals surface area contributed by atoms with Crippen LogP contribution in [-0.2, 0) is 4.79 Å². The Morgan fingerprint density at radius 1 is 0.950 bits per heavy atom. The molecule has 0 spiro atoms. The summed E-state index contributed by atoms with van der Waals surface area (Å²) in [6, 6.07) is 15.7. The summed E-state index contributed by atoms with van der Waals surface area (Å²) in [5.41, 5.74) is 2.83. The Balaban J connectivity index is 1.97. The lowest BCUT2D eigenvalue weighted by Crippen LogP contribution is -2.10. The molecule has 2 aromatic carbocycles. The number of amides is 1. The van der Waals surface area contributed by atoms with Crippen molar-refractivity contribution in [2.24, 2.45) is 0 Å². The van der Waals surface area contributed by atoms with E-state index in [1.807, 2.05) is 55.5 Å². The van der Waals surface area contributed by atoms with Crippen LogP contribution < -0.4 is 10.6 Å². The Morgan fingerprint density at radius 2 is 1.45 bits per heavy atom. The molecule has 0 saturated carbocycles. The maximum Gasteiger partial charge on any atom is 0.224 e. The minimum Gasteiger partial charge on any atom is -0.356 e. The molecule has 0 unspecified atom stereocenters. The maximum atomic E-state index is 11.5. The number of anilines is 3. The lowest BCUT2D eigenvalue weighted by molar-refractivity contribution is -0.116. The van der Waals surface area contributed by atoms with E-state index < -0.39 is 0 Å². The maximum absolute atomic E-state index is 11.5. The van der Waals surface area contributed by atoms with Crippen molar-refractivity contribution in [3.8, 4) is 0 Å². The summed E-state index contributed by atoms with van der Waals surface area (Å²) in [6.45, 7) is 1.99. The van der Waals surface area contributed by atoms with Crippen molar-refractivity contribution in [1.82, 2.24) is 0 Å². The Bertz CT molecular complexity index is 564. The van der Waals surface area contributed by atoms with Crippen molar-refractivity contribution >= 4 is 38.9 Å². The van der Waals surface area contributed by atoms with Crippen LogP contribution in [0.4, 0.5) is 17.1 Å². The minimum atomic E-state index is 0.0566. The van der Waals surface area contributed by atoms with Gasteiger partial charge in [-0.3, -0.25) is 4.79 Å². The molecule has 0 aromatic heterocycles. The fourth-order valence-corrected chi connectivity index (χ4v) is 2.05. The van der Waals surface area contributed by atoms with Crippen LogP contribution >= 0.6 is 15.9 Å². The van der Waals surface area contributed by atoms with Crippen molar-refractivity contribution in [2.45, 2.75) is 19.8 Å². The zero-order chi connectivity index (χ0) is 14.4. The number of rotatable bonds is 5. The van der Waals surface area contributed by atoms with E-state index in [-0.39, 0.29) is 5.91 Å². The molecule has 20 heavy (non-hydrogen) atoms. The molecule has 0 atom stereocenters. The molecule has 0 bridgehead atoms. The largest absolute Gasteiger partial charge is 0.356 e. The SMILES string of the molecule is CCCC(=O)Nc1ccc(Nc2ccc(Br)cc2)cc1. The minimum absolute atomic E-state index is 0.0566. The third-order valence-electron chi connectivity index (χ3n) is 2.78. The lowest BCUT2D eigenvalue weighted by atomic mass is 10.2. The lowest BCUT2D eigenvalue weighted by Gasteiger charge is -2.08. The van der Waals surface area contributed by atoms with Crippen molar-refractivity contribution in [3.63, 3.8) is 0 Å². The summed E-state index contributed by atoms with van der Waals surface area (Å²) >= 11 is 3.41. The van der Waals surface area contributed by atoms with Crippen molar-refractivity contribution < 1.29 is 4.79 Å². The fourth-order valence-electron chi connectivity index (χ4n) is 1.79. The second-order valence-electron chi connectivity index (χ2n) is 4.51. The van der Waals surface area contributed by atoms with Crippen LogP contribution in [0, 0.1) is 0 Å². The fraction of sp³-hybridized carbons (Fsp3) is 0.188. The second-order valence-corrected chi connectivity index (χ2v) is 5.42. The quantitative estimate of drug-likeness (QED) is 0.814. The molecule has 0 aliphatic rings. The van der Waals surface area contributed by atoms with Gasteiger partial charge in [0.2, 0.25) is 5.91 Å². The van der Waals surface area contributed by atoms with Gasteiger partial charge in [0.25, 0.3) is 0 Å². The highest BCUT2D eigenvalue weighted by Crippen LogP contribution is 2.20. The van der Waals surface area contributed by atoms with Gasteiger partial charge in [0.1, 0.15) is 0 Å². The van der Waals surface area contributed by atoms with Crippen LogP contribution in [0.3, 0.4) is 0 Å². The second kappa shape index (κ2) is 7.10. The van der Waals surface area contributed by atoms with E-state index in [0.717, 1.165) is 28.0 Å². The zero-order valence-electron chi connectivity index (χ0n) is 11.3. The Hall–Kier alpha value is -1.81. The van der Waals surface area contributed by atoms with Crippen LogP contribution in [0.1, 0.15) is 19.8 Å². The summed E-state index contributed by atoms with van der Waals surface area (Å²) in [6.07, 6.45) is 1.41. The van der Waals surface area contributed by atoms with Crippen molar-refractivity contribution in [2.75, 3.05) is 10.6 Å². The summed E-state index contributed by atoms with van der Waals surface area (Å²) in [7, 11) is 0. The molecule has 0 heterocycles. The van der Waals surface area contributed by atoms with Crippen LogP contribution in [0.2, 0.25) is 0 Å². The number of benzene rings is 2. The topological polar surface area (TPSA) is 41.1 Å². The summed E-state index contributed by atoms with van der Waals surface area (Å²) in [5.74, 6) is 0.0566. The van der Waals surface area contributed by atoms with Gasteiger partial charge in [-0.05, 0) is 55.0 Å². The van der Waals surface area contributed by atoms with Gasteiger partial charge in [-0.15, -0.1) is 0 Å². The van der Waals surface area contributed by atoms with Gasteiger partial charge in [-0.1, -0.05) is 22.9 Å². The smallest absolute Gasteiger partial charge is 0.224 e. The molecular formula is C16H17BrN2O. The van der Waals surface area contributed by atoms with E-state index >= 15 is 0 Å². The standard InChI is InChI=1S/C16H17BrN2O/c1-2-3-16(20)19-15-10-8-14(9-11-15)18-13-6-4-12(17)5-7-13/h4-11,18H,2-3H2,1H3,(H,19,20). The highest BCUT2D eigenvalue weighted by molar-refractivity contribution is 9.10. The first-order valence-electron chi connectivity index (χ1n) is 6.60. The predicted octanol–water partition coefficient (Wildman–Crippen LogP) is 4.93. The van der Waals surface area contributed by atoms with Gasteiger partial charge in [0.15, 0.2) is 0 Å². The molecule has 2 N–H and O–H groups in total. The van der Waals surface area contributed by atoms with Gasteiger partial charge in [-0.2, -0.15) is 0 Å². The molecule has 104 valence electrons. The summed E-state index contributed by atoms with van der Waals surface area (Å²) in [4.78, 5) is 11.5. The van der Waals surface area contributed by atoms with Gasteiger partial charge >= 0.3 is 0 Å². The molecule has 2 rings (SSSR count). The van der Waals surface area contributed by atoms with Crippen LogP contribution in [-0.4, -0.2) is 5.91 Å². The first-order chi connectivity index (χ1) is 9.67. The summed E-state index contributed by atoms with van der Waals surface area (Å²) < 4.78 is 1.05. The van der Waals surface area contributed by atoms with E-state index in [9.17, 15) is 4.79 Å². The third-order valence-corrected chi connectivity index (χ3v) is 3.31. The van der Waals surface area contributed by atoms with E-state index in [2.05, 4.69) is 26.6 Å². The van der Waals surface area contributed by atoms with Crippen LogP contribution in [0.15, 0.2) is 53.0 Å². The number of carbonyl (C=O) groups excluding carboxylic acids is 1. The number of nitrogens with one attached hydrogen (secondary N) is 2. The van der Waals surface area contributed by atoms with Crippen LogP contribution in [0.5, 0.6) is 0 Å². The third kappa shape index (κ3) is 4.38. The van der Waals surface area contributed by atoms with Crippen molar-refractivity contribution in [3.05, 3.63) is 53.0 Å². The zero-order valence-corrected chi connectivity index (χ0v) is 12.9. The molecule has 1 amide bonds. The monoisotopic (exact) mass is 332 g/mol. The Kier molecular flexibility index (Phi) is 5.18. The number of carbonyl (C=O) groups is 1. The molecule has 3 nitrogen and oxygen atoms in total. The molecule has 0 aliphatic heterocycles. The van der Waals surface area contributed by atoms with Gasteiger partial charge in [-0.25, -0.2) is 0 Å². The number of hydrogen-bond acceptors (Lipinski definition) is 2. The average molecular weight is 333 g/mol. The number of halogens is 1. The van der Waals surface area contributed by atoms with E-state index in [0.29, 0.717) is 6.42 Å². The number of hydrogen-bond donors (Lipinski definition) is 2. The summed E-state index contributed by atoms with van der Waals surface area (Å²) in [5, 5.41) is 6.17. The first-order valence-corrected chi connectivity index (χ1v) is 7.39. The molecular weight excluding hydrogens is 316 g/mol. The normalized spacial score (nSPS) is 10.1. The van der Waals surface area contributed by atoms with Crippen molar-refractivity contribution in [1.29, 1.82) is 0 Å². The molecule has 0 saturated heterocycles. The average Bonchev–Trinajstić information content (AvgIpc) is 2.44. The molecule has 0 aliphatic carbocycles. The van der Waals surface area contributed by atoms with Gasteiger partial charge < -0.3 is 10.6 Å². The molecule has 0 radical (unpaired) electrons. The first kappa shape index (κ1) is 14.6. The Labute approximate surface area is 127 Å². The predicted molar refractivity (Wildman–Crippen MR) is 87.4 cm³/mol. The highest BCUT2D eigenvalue weighted by atomic mass is 79.9. The molecule has 0 fully saturated rings.